The first-order chi connectivity index (χ1) is 13.6. The Balaban J connectivity index is 2.12. The summed E-state index contributed by atoms with van der Waals surface area (Å²) in [5.41, 5.74) is 3.70. The van der Waals surface area contributed by atoms with Crippen molar-refractivity contribution >= 4 is 33.5 Å². The molecule has 2 heteroatoms. The maximum Gasteiger partial charge on any atom is 0.0708 e. The zero-order valence-electron chi connectivity index (χ0n) is 18.6. The summed E-state index contributed by atoms with van der Waals surface area (Å²) in [7, 11) is -1.55. The molecule has 0 amide bonds. The van der Waals surface area contributed by atoms with Crippen LogP contribution in [0.25, 0.3) is 5.57 Å². The van der Waals surface area contributed by atoms with E-state index in [1.165, 1.54) is 61.0 Å². The molecule has 28 heavy (non-hydrogen) atoms. The summed E-state index contributed by atoms with van der Waals surface area (Å²) in [6.07, 6.45) is 5.27. The maximum absolute atomic E-state index is 4.41. The molecule has 0 heterocycles. The van der Waals surface area contributed by atoms with Crippen LogP contribution in [0.1, 0.15) is 64.5 Å². The van der Waals surface area contributed by atoms with E-state index in [0.29, 0.717) is 0 Å². The molecule has 0 unspecified atom stereocenters. The largest absolute Gasteiger partial charge is 0.0906 e. The van der Waals surface area contributed by atoms with Gasteiger partial charge < -0.3 is 0 Å². The highest BCUT2D eigenvalue weighted by molar-refractivity contribution is 6.73. The van der Waals surface area contributed by atoms with Crippen LogP contribution >= 0.6 is 0 Å². The van der Waals surface area contributed by atoms with Crippen molar-refractivity contribution in [1.29, 1.82) is 0 Å². The monoisotopic (exact) mass is 408 g/mol. The molecule has 0 saturated heterocycles. The number of rotatable bonds is 12. The number of hydrogen-bond donors (Lipinski definition) is 0. The van der Waals surface area contributed by atoms with Gasteiger partial charge in [0, 0.05) is 0 Å². The Labute approximate surface area is 177 Å². The van der Waals surface area contributed by atoms with Gasteiger partial charge in [-0.15, -0.1) is 0 Å². The lowest BCUT2D eigenvalue weighted by Crippen LogP contribution is -2.29. The fraction of sp³-hybridized carbons (Fsp3) is 0.462. The van der Waals surface area contributed by atoms with Gasteiger partial charge in [0.1, 0.15) is 0 Å². The van der Waals surface area contributed by atoms with Crippen LogP contribution < -0.4 is 10.4 Å². The van der Waals surface area contributed by atoms with Crippen molar-refractivity contribution in [2.24, 2.45) is 0 Å². The summed E-state index contributed by atoms with van der Waals surface area (Å²) in [5.74, 6) is 0. The summed E-state index contributed by atoms with van der Waals surface area (Å²) in [6.45, 7) is 13.7. The van der Waals surface area contributed by atoms with Crippen molar-refractivity contribution < 1.29 is 0 Å². The molecular formula is C26H40Si2. The Morgan fingerprint density at radius 3 is 1.11 bits per heavy atom. The fourth-order valence-corrected chi connectivity index (χ4v) is 10.6. The predicted octanol–water partition coefficient (Wildman–Crippen LogP) is 6.26. The number of benzene rings is 2. The van der Waals surface area contributed by atoms with Crippen LogP contribution in [-0.2, 0) is 0 Å². The van der Waals surface area contributed by atoms with Gasteiger partial charge >= 0.3 is 0 Å². The van der Waals surface area contributed by atoms with E-state index in [0.717, 1.165) is 5.57 Å². The van der Waals surface area contributed by atoms with Gasteiger partial charge in [-0.3, -0.25) is 0 Å². The van der Waals surface area contributed by atoms with Crippen molar-refractivity contribution in [2.75, 3.05) is 0 Å². The minimum atomic E-state index is -0.775. The Hall–Kier alpha value is -1.39. The highest BCUT2D eigenvalue weighted by atomic mass is 28.3. The summed E-state index contributed by atoms with van der Waals surface area (Å²) < 4.78 is 0. The molecule has 0 saturated carbocycles. The molecular weight excluding hydrogens is 368 g/mol. The van der Waals surface area contributed by atoms with Crippen molar-refractivity contribution in [3.63, 3.8) is 0 Å². The minimum Gasteiger partial charge on any atom is -0.0906 e. The molecule has 2 aromatic carbocycles. The molecule has 0 aliphatic rings. The second-order valence-corrected chi connectivity index (χ2v) is 14.7. The van der Waals surface area contributed by atoms with Crippen LogP contribution in [0.4, 0.5) is 0 Å². The normalized spacial score (nSPS) is 11.4. The van der Waals surface area contributed by atoms with E-state index < -0.39 is 17.6 Å². The van der Waals surface area contributed by atoms with E-state index in [2.05, 4.69) is 82.8 Å². The molecule has 0 radical (unpaired) electrons. The Bertz CT molecular complexity index is 627. The smallest absolute Gasteiger partial charge is 0.0708 e. The first-order valence-corrected chi connectivity index (χ1v) is 16.0. The summed E-state index contributed by atoms with van der Waals surface area (Å²) in [5, 5.41) is 3.26. The lowest BCUT2D eigenvalue weighted by molar-refractivity contribution is 1.01. The highest BCUT2D eigenvalue weighted by Gasteiger charge is 2.14. The third kappa shape index (κ3) is 6.32. The van der Waals surface area contributed by atoms with Gasteiger partial charge in [0.15, 0.2) is 0 Å². The van der Waals surface area contributed by atoms with Gasteiger partial charge in [-0.25, -0.2) is 0 Å². The molecule has 2 rings (SSSR count). The van der Waals surface area contributed by atoms with Crippen molar-refractivity contribution in [3.8, 4) is 0 Å². The van der Waals surface area contributed by atoms with Gasteiger partial charge in [-0.05, 0) is 16.7 Å². The van der Waals surface area contributed by atoms with E-state index in [1.54, 1.807) is 10.4 Å². The van der Waals surface area contributed by atoms with E-state index in [4.69, 9.17) is 0 Å². The van der Waals surface area contributed by atoms with Crippen LogP contribution in [0.2, 0.25) is 24.2 Å². The summed E-state index contributed by atoms with van der Waals surface area (Å²) in [4.78, 5) is 0. The summed E-state index contributed by atoms with van der Waals surface area (Å²) in [6, 6.07) is 24.5. The van der Waals surface area contributed by atoms with Gasteiger partial charge in [-0.2, -0.15) is 0 Å². The second kappa shape index (κ2) is 12.2. The standard InChI is InChI=1S/C26H40Si2/c1-6-18-27(19-7-2)25-14-10-23(11-15-25)22(5)24-12-16-26(17-13-24)28(20-8-3)21-9-4/h10-17,27-28H,5-9,18-21H2,1-4H3. The highest BCUT2D eigenvalue weighted by Crippen LogP contribution is 2.21. The first-order valence-electron chi connectivity index (χ1n) is 11.5. The second-order valence-electron chi connectivity index (χ2n) is 8.27. The quantitative estimate of drug-likeness (QED) is 0.364. The Morgan fingerprint density at radius 1 is 0.571 bits per heavy atom. The number of hydrogen-bond acceptors (Lipinski definition) is 0. The van der Waals surface area contributed by atoms with Crippen LogP contribution in [0.15, 0.2) is 55.1 Å². The molecule has 0 fully saturated rings. The zero-order chi connectivity index (χ0) is 20.4. The van der Waals surface area contributed by atoms with Crippen molar-refractivity contribution in [1.82, 2.24) is 0 Å². The lowest BCUT2D eigenvalue weighted by Gasteiger charge is -2.16. The van der Waals surface area contributed by atoms with E-state index in [-0.39, 0.29) is 0 Å². The van der Waals surface area contributed by atoms with E-state index >= 15 is 0 Å². The van der Waals surface area contributed by atoms with Gasteiger partial charge in [0.05, 0.1) is 17.6 Å². The van der Waals surface area contributed by atoms with Crippen molar-refractivity contribution in [3.05, 3.63) is 66.2 Å². The molecule has 0 nitrogen and oxygen atoms in total. The predicted molar refractivity (Wildman–Crippen MR) is 135 cm³/mol. The third-order valence-electron chi connectivity index (χ3n) is 6.01. The van der Waals surface area contributed by atoms with Crippen LogP contribution in [-0.4, -0.2) is 17.6 Å². The molecule has 152 valence electrons. The summed E-state index contributed by atoms with van der Waals surface area (Å²) >= 11 is 0. The lowest BCUT2D eigenvalue weighted by atomic mass is 10.00. The SMILES string of the molecule is C=C(c1ccc([SiH](CCC)CCC)cc1)c1ccc([SiH](CCC)CCC)cc1. The average Bonchev–Trinajstić information content (AvgIpc) is 2.73. The molecule has 0 bridgehead atoms. The van der Waals surface area contributed by atoms with Gasteiger partial charge in [0.2, 0.25) is 0 Å². The average molecular weight is 409 g/mol. The topological polar surface area (TPSA) is 0 Å². The van der Waals surface area contributed by atoms with Crippen LogP contribution in [0, 0.1) is 0 Å². The van der Waals surface area contributed by atoms with Gasteiger partial charge in [-0.1, -0.05) is 143 Å². The van der Waals surface area contributed by atoms with Crippen LogP contribution in [0.3, 0.4) is 0 Å². The van der Waals surface area contributed by atoms with Crippen LogP contribution in [0.5, 0.6) is 0 Å². The maximum atomic E-state index is 4.41. The van der Waals surface area contributed by atoms with E-state index in [9.17, 15) is 0 Å². The molecule has 0 aliphatic heterocycles. The molecule has 0 spiro atoms. The Kier molecular flexibility index (Phi) is 10.0. The molecule has 2 aromatic rings. The first kappa shape index (κ1) is 22.9. The Morgan fingerprint density at radius 2 is 0.857 bits per heavy atom. The fourth-order valence-electron chi connectivity index (χ4n) is 4.43. The van der Waals surface area contributed by atoms with Crippen molar-refractivity contribution in [2.45, 2.75) is 77.6 Å². The van der Waals surface area contributed by atoms with Gasteiger partial charge in [0.25, 0.3) is 0 Å². The zero-order valence-corrected chi connectivity index (χ0v) is 20.9. The molecule has 0 aliphatic carbocycles. The molecule has 0 atom stereocenters. The molecule has 0 aromatic heterocycles. The van der Waals surface area contributed by atoms with E-state index in [1.807, 2.05) is 0 Å². The minimum absolute atomic E-state index is 0.775. The third-order valence-corrected chi connectivity index (χ3v) is 13.8. The molecule has 0 N–H and O–H groups in total.